The van der Waals surface area contributed by atoms with Crippen LogP contribution in [0, 0.1) is 0 Å². The smallest absolute Gasteiger partial charge is 0.0727 e. The van der Waals surface area contributed by atoms with Crippen molar-refractivity contribution in [1.82, 2.24) is 25.1 Å². The molecule has 3 heterocycles. The molecule has 5 heteroatoms. The zero-order valence-corrected chi connectivity index (χ0v) is 10.3. The van der Waals surface area contributed by atoms with Crippen LogP contribution in [0.3, 0.4) is 0 Å². The van der Waals surface area contributed by atoms with Crippen LogP contribution in [0.4, 0.5) is 0 Å². The van der Waals surface area contributed by atoms with Crippen LogP contribution in [0.2, 0.25) is 0 Å². The Labute approximate surface area is 106 Å². The molecule has 0 aliphatic carbocycles. The highest BCUT2D eigenvalue weighted by atomic mass is 15.2. The summed E-state index contributed by atoms with van der Waals surface area (Å²) in [7, 11) is 0. The lowest BCUT2D eigenvalue weighted by Gasteiger charge is -2.34. The van der Waals surface area contributed by atoms with E-state index in [0.717, 1.165) is 18.8 Å². The molecule has 1 atom stereocenters. The number of hydrogen-bond donors (Lipinski definition) is 1. The number of aromatic nitrogens is 4. The molecule has 0 amide bonds. The summed E-state index contributed by atoms with van der Waals surface area (Å²) >= 11 is 0. The minimum absolute atomic E-state index is 0.434. The van der Waals surface area contributed by atoms with Crippen molar-refractivity contribution in [3.8, 4) is 0 Å². The van der Waals surface area contributed by atoms with Crippen molar-refractivity contribution in [3.05, 3.63) is 42.2 Å². The van der Waals surface area contributed by atoms with Crippen LogP contribution < -0.4 is 0 Å². The second kappa shape index (κ2) is 5.27. The maximum absolute atomic E-state index is 4.36. The van der Waals surface area contributed by atoms with Crippen LogP contribution in [0.5, 0.6) is 0 Å². The first kappa shape index (κ1) is 11.3. The number of likely N-dealkylation sites (tertiary alicyclic amines) is 1. The topological polar surface area (TPSA) is 57.7 Å². The molecule has 1 aliphatic rings. The lowest BCUT2D eigenvalue weighted by molar-refractivity contribution is 0.135. The lowest BCUT2D eigenvalue weighted by atomic mass is 9.99. The predicted molar refractivity (Wildman–Crippen MR) is 67.6 cm³/mol. The number of piperidine rings is 1. The summed E-state index contributed by atoms with van der Waals surface area (Å²) in [5.74, 6) is 0. The van der Waals surface area contributed by atoms with E-state index in [2.05, 4.69) is 31.1 Å². The normalized spacial score (nSPS) is 21.0. The van der Waals surface area contributed by atoms with Gasteiger partial charge in [-0.3, -0.25) is 20.0 Å². The molecule has 1 fully saturated rings. The lowest BCUT2D eigenvalue weighted by Crippen LogP contribution is -2.33. The van der Waals surface area contributed by atoms with Crippen LogP contribution in [0.25, 0.3) is 0 Å². The van der Waals surface area contributed by atoms with Crippen molar-refractivity contribution in [2.24, 2.45) is 0 Å². The number of nitrogens with one attached hydrogen (secondary N) is 1. The van der Waals surface area contributed by atoms with Crippen LogP contribution in [-0.4, -0.2) is 31.6 Å². The highest BCUT2D eigenvalue weighted by Gasteiger charge is 2.25. The second-order valence-corrected chi connectivity index (χ2v) is 4.69. The van der Waals surface area contributed by atoms with Gasteiger partial charge in [-0.2, -0.15) is 5.10 Å². The number of hydrogen-bond acceptors (Lipinski definition) is 4. The van der Waals surface area contributed by atoms with E-state index in [4.69, 9.17) is 0 Å². The summed E-state index contributed by atoms with van der Waals surface area (Å²) in [6, 6.07) is 2.50. The van der Waals surface area contributed by atoms with Crippen LogP contribution in [0.15, 0.2) is 30.9 Å². The molecule has 2 aromatic heterocycles. The summed E-state index contributed by atoms with van der Waals surface area (Å²) < 4.78 is 0. The molecule has 0 bridgehead atoms. The molecule has 1 aliphatic heterocycles. The molecule has 0 aromatic carbocycles. The largest absolute Gasteiger partial charge is 0.289 e. The first-order valence-corrected chi connectivity index (χ1v) is 6.42. The fourth-order valence-electron chi connectivity index (χ4n) is 2.60. The van der Waals surface area contributed by atoms with Gasteiger partial charge in [-0.25, -0.2) is 0 Å². The van der Waals surface area contributed by atoms with Gasteiger partial charge in [-0.15, -0.1) is 0 Å². The summed E-state index contributed by atoms with van der Waals surface area (Å²) in [4.78, 5) is 10.9. The fourth-order valence-corrected chi connectivity index (χ4v) is 2.60. The van der Waals surface area contributed by atoms with Gasteiger partial charge in [0.2, 0.25) is 0 Å². The van der Waals surface area contributed by atoms with Crippen molar-refractivity contribution in [1.29, 1.82) is 0 Å². The molecule has 0 saturated carbocycles. The highest BCUT2D eigenvalue weighted by molar-refractivity contribution is 5.07. The van der Waals surface area contributed by atoms with Gasteiger partial charge in [0, 0.05) is 31.3 Å². The molecule has 1 saturated heterocycles. The van der Waals surface area contributed by atoms with Crippen molar-refractivity contribution in [2.75, 3.05) is 6.54 Å². The number of H-pyrrole nitrogens is 1. The fraction of sp³-hybridized carbons (Fsp3) is 0.462. The highest BCUT2D eigenvalue weighted by Crippen LogP contribution is 2.30. The van der Waals surface area contributed by atoms with Crippen molar-refractivity contribution >= 4 is 0 Å². The standard InChI is InChI=1S/C13H17N5/c1-2-8-18(10-11-9-14-6-7-15-11)13(3-1)12-4-5-16-17-12/h4-7,9,13H,1-3,8,10H2,(H,16,17)/t13-/m1/s1. The third kappa shape index (κ3) is 2.41. The second-order valence-electron chi connectivity index (χ2n) is 4.69. The summed E-state index contributed by atoms with van der Waals surface area (Å²) in [6.45, 7) is 1.97. The Morgan fingerprint density at radius 2 is 2.28 bits per heavy atom. The molecule has 0 spiro atoms. The summed E-state index contributed by atoms with van der Waals surface area (Å²) in [5, 5.41) is 7.15. The predicted octanol–water partition coefficient (Wildman–Crippen LogP) is 1.93. The Morgan fingerprint density at radius 1 is 1.28 bits per heavy atom. The van der Waals surface area contributed by atoms with Gasteiger partial charge in [0.1, 0.15) is 0 Å². The van der Waals surface area contributed by atoms with E-state index in [1.54, 1.807) is 12.4 Å². The molecule has 3 rings (SSSR count). The quantitative estimate of drug-likeness (QED) is 0.895. The van der Waals surface area contributed by atoms with E-state index < -0.39 is 0 Å². The zero-order valence-electron chi connectivity index (χ0n) is 10.3. The SMILES string of the molecule is c1cnc(CN2CCCC[C@@H]2c2ccn[nH]2)cn1. The van der Waals surface area contributed by atoms with E-state index in [9.17, 15) is 0 Å². The number of nitrogens with zero attached hydrogens (tertiary/aromatic N) is 4. The van der Waals surface area contributed by atoms with Gasteiger partial charge >= 0.3 is 0 Å². The maximum atomic E-state index is 4.36. The van der Waals surface area contributed by atoms with Crippen LogP contribution in [0.1, 0.15) is 36.7 Å². The van der Waals surface area contributed by atoms with E-state index in [0.29, 0.717) is 6.04 Å². The average molecular weight is 243 g/mol. The van der Waals surface area contributed by atoms with Gasteiger partial charge in [-0.05, 0) is 25.5 Å². The Morgan fingerprint density at radius 3 is 3.06 bits per heavy atom. The minimum atomic E-state index is 0.434. The Hall–Kier alpha value is -1.75. The summed E-state index contributed by atoms with van der Waals surface area (Å²) in [5.41, 5.74) is 2.24. The molecule has 18 heavy (non-hydrogen) atoms. The first-order valence-electron chi connectivity index (χ1n) is 6.42. The molecule has 1 N–H and O–H groups in total. The molecule has 5 nitrogen and oxygen atoms in total. The van der Waals surface area contributed by atoms with E-state index >= 15 is 0 Å². The van der Waals surface area contributed by atoms with Gasteiger partial charge < -0.3 is 0 Å². The van der Waals surface area contributed by atoms with E-state index in [-0.39, 0.29) is 0 Å². The average Bonchev–Trinajstić information content (AvgIpc) is 2.94. The summed E-state index contributed by atoms with van der Waals surface area (Å²) in [6.07, 6.45) is 10.9. The van der Waals surface area contributed by atoms with Gasteiger partial charge in [-0.1, -0.05) is 6.42 Å². The van der Waals surface area contributed by atoms with Crippen molar-refractivity contribution in [3.63, 3.8) is 0 Å². The maximum Gasteiger partial charge on any atom is 0.0727 e. The monoisotopic (exact) mass is 243 g/mol. The van der Waals surface area contributed by atoms with Crippen LogP contribution >= 0.6 is 0 Å². The Kier molecular flexibility index (Phi) is 3.32. The van der Waals surface area contributed by atoms with E-state index in [1.165, 1.54) is 25.0 Å². The van der Waals surface area contributed by atoms with Gasteiger partial charge in [0.05, 0.1) is 17.4 Å². The molecule has 0 unspecified atom stereocenters. The molecule has 2 aromatic rings. The molecule has 94 valence electrons. The Bertz CT molecular complexity index is 467. The van der Waals surface area contributed by atoms with Crippen molar-refractivity contribution < 1.29 is 0 Å². The first-order chi connectivity index (χ1) is 8.93. The minimum Gasteiger partial charge on any atom is -0.289 e. The number of rotatable bonds is 3. The molecular weight excluding hydrogens is 226 g/mol. The van der Waals surface area contributed by atoms with E-state index in [1.807, 2.05) is 12.4 Å². The third-order valence-corrected chi connectivity index (χ3v) is 3.48. The van der Waals surface area contributed by atoms with Gasteiger partial charge in [0.25, 0.3) is 0 Å². The zero-order chi connectivity index (χ0) is 12.2. The Balaban J connectivity index is 1.76. The van der Waals surface area contributed by atoms with Crippen LogP contribution in [-0.2, 0) is 6.54 Å². The molecular formula is C13H17N5. The number of aromatic amines is 1. The molecule has 0 radical (unpaired) electrons. The third-order valence-electron chi connectivity index (χ3n) is 3.48. The van der Waals surface area contributed by atoms with Gasteiger partial charge in [0.15, 0.2) is 0 Å². The van der Waals surface area contributed by atoms with Crippen molar-refractivity contribution in [2.45, 2.75) is 31.8 Å².